The number of likely N-dealkylation sites (N-methyl/N-ethyl adjacent to an activating group) is 1. The fraction of sp³-hybridized carbons (Fsp3) is 0.450. The predicted octanol–water partition coefficient (Wildman–Crippen LogP) is 0.412. The number of sulfone groups is 1. The first-order chi connectivity index (χ1) is 14.8. The molecule has 31 heavy (non-hydrogen) atoms. The van der Waals surface area contributed by atoms with Crippen LogP contribution in [0.3, 0.4) is 0 Å². The van der Waals surface area contributed by atoms with Crippen LogP contribution in [0.5, 0.6) is 5.75 Å². The summed E-state index contributed by atoms with van der Waals surface area (Å²) in [5.74, 6) is -0.983. The van der Waals surface area contributed by atoms with Crippen LogP contribution in [-0.2, 0) is 30.9 Å². The highest BCUT2D eigenvalue weighted by molar-refractivity contribution is 7.90. The molecule has 0 spiro atoms. The maximum Gasteiger partial charge on any atom is 0.315 e. The number of aromatic nitrogens is 2. The van der Waals surface area contributed by atoms with Gasteiger partial charge >= 0.3 is 11.8 Å². The second-order valence-electron chi connectivity index (χ2n) is 7.60. The smallest absolute Gasteiger partial charge is 0.315 e. The molecule has 11 heteroatoms. The van der Waals surface area contributed by atoms with E-state index in [0.717, 1.165) is 6.54 Å². The van der Waals surface area contributed by atoms with Crippen LogP contribution in [0.2, 0.25) is 0 Å². The van der Waals surface area contributed by atoms with Gasteiger partial charge in [0.2, 0.25) is 0 Å². The van der Waals surface area contributed by atoms with Gasteiger partial charge in [-0.25, -0.2) is 13.1 Å². The lowest BCUT2D eigenvalue weighted by Crippen LogP contribution is -2.51. The molecule has 1 aromatic carbocycles. The Bertz CT molecular complexity index is 1100. The third-order valence-corrected chi connectivity index (χ3v) is 7.08. The summed E-state index contributed by atoms with van der Waals surface area (Å²) >= 11 is 0. The highest BCUT2D eigenvalue weighted by Gasteiger charge is 2.34. The number of amides is 2. The van der Waals surface area contributed by atoms with Crippen LogP contribution >= 0.6 is 0 Å². The molecule has 1 saturated heterocycles. The van der Waals surface area contributed by atoms with E-state index >= 15 is 0 Å². The van der Waals surface area contributed by atoms with Crippen LogP contribution in [-0.4, -0.2) is 79.6 Å². The minimum atomic E-state index is -3.33. The fourth-order valence-electron chi connectivity index (χ4n) is 3.85. The lowest BCUT2D eigenvalue weighted by molar-refractivity contribution is -0.144. The lowest BCUT2D eigenvalue weighted by Gasteiger charge is -2.33. The number of hydrogen-bond donors (Lipinski definition) is 1. The summed E-state index contributed by atoms with van der Waals surface area (Å²) in [4.78, 5) is 29.2. The van der Waals surface area contributed by atoms with E-state index in [1.165, 1.54) is 9.58 Å². The molecule has 10 nitrogen and oxygen atoms in total. The Labute approximate surface area is 180 Å². The summed E-state index contributed by atoms with van der Waals surface area (Å²) in [5, 5.41) is 7.05. The first-order valence-electron chi connectivity index (χ1n) is 10.1. The number of nitrogens with one attached hydrogen (secondary N) is 1. The van der Waals surface area contributed by atoms with Crippen LogP contribution in [0.15, 0.2) is 24.3 Å². The maximum atomic E-state index is 12.8. The van der Waals surface area contributed by atoms with Crippen molar-refractivity contribution in [1.82, 2.24) is 19.6 Å². The van der Waals surface area contributed by atoms with Crippen molar-refractivity contribution in [2.24, 2.45) is 0 Å². The monoisotopic (exact) mass is 447 g/mol. The Morgan fingerprint density at radius 2 is 1.77 bits per heavy atom. The van der Waals surface area contributed by atoms with E-state index < -0.39 is 21.7 Å². The molecular weight excluding hydrogens is 422 g/mol. The molecule has 0 unspecified atom stereocenters. The van der Waals surface area contributed by atoms with E-state index in [1.807, 2.05) is 0 Å². The van der Waals surface area contributed by atoms with Crippen molar-refractivity contribution in [3.63, 3.8) is 0 Å². The first-order valence-corrected chi connectivity index (χ1v) is 11.9. The van der Waals surface area contributed by atoms with Gasteiger partial charge in [0.1, 0.15) is 11.6 Å². The van der Waals surface area contributed by atoms with Crippen molar-refractivity contribution < 1.29 is 22.7 Å². The standard InChI is InChI=1S/C20H25N5O5S/c1-3-23-8-10-24(11-9-23)20(27)19(26)21-18-16-12-31(28,29)13-17(16)22-25(18)14-4-6-15(30-2)7-5-14/h4-7H,3,8-13H2,1-2H3,(H,21,26). The Hall–Kier alpha value is -2.92. The van der Waals surface area contributed by atoms with E-state index in [-0.39, 0.29) is 17.3 Å². The van der Waals surface area contributed by atoms with Crippen LogP contribution < -0.4 is 10.1 Å². The van der Waals surface area contributed by atoms with Gasteiger partial charge in [-0.3, -0.25) is 9.59 Å². The molecule has 2 amide bonds. The van der Waals surface area contributed by atoms with Crippen molar-refractivity contribution in [1.29, 1.82) is 0 Å². The quantitative estimate of drug-likeness (QED) is 0.676. The lowest BCUT2D eigenvalue weighted by atomic mass is 10.2. The normalized spacial score (nSPS) is 17.9. The van der Waals surface area contributed by atoms with Gasteiger partial charge in [-0.05, 0) is 30.8 Å². The molecule has 1 fully saturated rings. The number of nitrogens with zero attached hydrogens (tertiary/aromatic N) is 4. The van der Waals surface area contributed by atoms with E-state index in [4.69, 9.17) is 4.74 Å². The average molecular weight is 448 g/mol. The van der Waals surface area contributed by atoms with Crippen molar-refractivity contribution in [2.45, 2.75) is 18.4 Å². The third kappa shape index (κ3) is 4.28. The third-order valence-electron chi connectivity index (χ3n) is 5.64. The second-order valence-corrected chi connectivity index (χ2v) is 9.66. The average Bonchev–Trinajstić information content (AvgIpc) is 3.25. The number of anilines is 1. The Balaban J connectivity index is 1.60. The van der Waals surface area contributed by atoms with Gasteiger partial charge in [0.05, 0.1) is 30.0 Å². The minimum absolute atomic E-state index is 0.193. The molecule has 0 saturated carbocycles. The molecular formula is C20H25N5O5S. The largest absolute Gasteiger partial charge is 0.497 e. The molecule has 2 aliphatic heterocycles. The minimum Gasteiger partial charge on any atom is -0.497 e. The summed E-state index contributed by atoms with van der Waals surface area (Å²) < 4.78 is 30.8. The van der Waals surface area contributed by atoms with Crippen LogP contribution in [0, 0.1) is 0 Å². The fourth-order valence-corrected chi connectivity index (χ4v) is 5.35. The molecule has 166 valence electrons. The number of piperazine rings is 1. The van der Waals surface area contributed by atoms with E-state index in [1.54, 1.807) is 31.4 Å². The number of methoxy groups -OCH3 is 1. The summed E-state index contributed by atoms with van der Waals surface area (Å²) in [6.07, 6.45) is 0. The Morgan fingerprint density at radius 1 is 1.10 bits per heavy atom. The van der Waals surface area contributed by atoms with Gasteiger partial charge in [0.15, 0.2) is 9.84 Å². The molecule has 2 aliphatic rings. The van der Waals surface area contributed by atoms with Crippen molar-refractivity contribution in [3.05, 3.63) is 35.5 Å². The van der Waals surface area contributed by atoms with Gasteiger partial charge in [0, 0.05) is 31.7 Å². The molecule has 0 aliphatic carbocycles. The number of hydrogen-bond acceptors (Lipinski definition) is 7. The van der Waals surface area contributed by atoms with Gasteiger partial charge in [-0.2, -0.15) is 5.10 Å². The molecule has 0 atom stereocenters. The van der Waals surface area contributed by atoms with Crippen LogP contribution in [0.25, 0.3) is 5.69 Å². The number of ether oxygens (including phenoxy) is 1. The van der Waals surface area contributed by atoms with Gasteiger partial charge in [0.25, 0.3) is 0 Å². The molecule has 2 aromatic rings. The zero-order valence-electron chi connectivity index (χ0n) is 17.5. The van der Waals surface area contributed by atoms with Gasteiger partial charge < -0.3 is 19.9 Å². The molecule has 3 heterocycles. The van der Waals surface area contributed by atoms with E-state index in [2.05, 4.69) is 22.2 Å². The summed E-state index contributed by atoms with van der Waals surface area (Å²) in [5.41, 5.74) is 1.43. The molecule has 0 bridgehead atoms. The van der Waals surface area contributed by atoms with Crippen LogP contribution in [0.1, 0.15) is 18.2 Å². The highest BCUT2D eigenvalue weighted by Crippen LogP contribution is 2.33. The molecule has 1 N–H and O–H groups in total. The van der Waals surface area contributed by atoms with E-state index in [0.29, 0.717) is 48.9 Å². The van der Waals surface area contributed by atoms with Crippen molar-refractivity contribution in [3.8, 4) is 11.4 Å². The number of rotatable bonds is 4. The molecule has 4 rings (SSSR count). The van der Waals surface area contributed by atoms with Crippen molar-refractivity contribution in [2.75, 3.05) is 45.2 Å². The first kappa shape index (κ1) is 21.3. The van der Waals surface area contributed by atoms with Crippen molar-refractivity contribution >= 4 is 27.5 Å². The second kappa shape index (κ2) is 8.31. The van der Waals surface area contributed by atoms with E-state index in [9.17, 15) is 18.0 Å². The maximum absolute atomic E-state index is 12.8. The van der Waals surface area contributed by atoms with Gasteiger partial charge in [-0.1, -0.05) is 6.92 Å². The predicted molar refractivity (Wildman–Crippen MR) is 114 cm³/mol. The Morgan fingerprint density at radius 3 is 2.39 bits per heavy atom. The summed E-state index contributed by atoms with van der Waals surface area (Å²) in [7, 11) is -1.77. The van der Waals surface area contributed by atoms with Gasteiger partial charge in [-0.15, -0.1) is 0 Å². The SMILES string of the molecule is CCN1CCN(C(=O)C(=O)Nc2c3c(nn2-c2ccc(OC)cc2)CS(=O)(=O)C3)CC1. The topological polar surface area (TPSA) is 114 Å². The highest BCUT2D eigenvalue weighted by atomic mass is 32.2. The summed E-state index contributed by atoms with van der Waals surface area (Å²) in [6.45, 7) is 5.34. The molecule has 0 radical (unpaired) electrons. The Kier molecular flexibility index (Phi) is 5.71. The number of fused-ring (bicyclic) bond motifs is 1. The zero-order valence-corrected chi connectivity index (χ0v) is 18.3. The van der Waals surface area contributed by atoms with Crippen LogP contribution in [0.4, 0.5) is 5.82 Å². The molecule has 1 aromatic heterocycles. The summed E-state index contributed by atoms with van der Waals surface area (Å²) in [6, 6.07) is 6.97. The number of carbonyl (C=O) groups is 2. The number of carbonyl (C=O) groups excluding carboxylic acids is 2. The number of benzene rings is 1. The zero-order chi connectivity index (χ0) is 22.2.